The summed E-state index contributed by atoms with van der Waals surface area (Å²) < 4.78 is 43.7. The number of aliphatic hydroxyl groups is 1. The largest absolute Gasteiger partial charge is 0.416 e. The Morgan fingerprint density at radius 1 is 1.30 bits per heavy atom. The van der Waals surface area contributed by atoms with Gasteiger partial charge in [-0.1, -0.05) is 12.1 Å². The van der Waals surface area contributed by atoms with E-state index in [0.717, 1.165) is 18.6 Å². The number of alkyl halides is 3. The molecule has 0 aliphatic carbocycles. The minimum absolute atomic E-state index is 0.0129. The third-order valence-electron chi connectivity index (χ3n) is 3.35. The van der Waals surface area contributed by atoms with Crippen LogP contribution >= 0.6 is 0 Å². The highest BCUT2D eigenvalue weighted by Crippen LogP contribution is 2.36. The fraction of sp³-hybridized carbons (Fsp3) is 0.571. The summed E-state index contributed by atoms with van der Waals surface area (Å²) in [7, 11) is 0. The molecule has 2 unspecified atom stereocenters. The molecule has 6 heteroatoms. The Balaban J connectivity index is 1.96. The first-order valence-corrected chi connectivity index (χ1v) is 6.65. The lowest BCUT2D eigenvalue weighted by molar-refractivity contribution is -0.137. The topological polar surface area (TPSA) is 41.5 Å². The molecule has 0 radical (unpaired) electrons. The molecule has 0 saturated carbocycles. The van der Waals surface area contributed by atoms with Crippen LogP contribution in [0, 0.1) is 0 Å². The van der Waals surface area contributed by atoms with Gasteiger partial charge in [0.25, 0.3) is 0 Å². The van der Waals surface area contributed by atoms with Crippen molar-refractivity contribution < 1.29 is 23.0 Å². The Morgan fingerprint density at radius 3 is 2.80 bits per heavy atom. The summed E-state index contributed by atoms with van der Waals surface area (Å²) in [6, 6.07) is 5.31. The highest BCUT2D eigenvalue weighted by atomic mass is 19.4. The quantitative estimate of drug-likeness (QED) is 0.818. The lowest BCUT2D eigenvalue weighted by atomic mass is 10.0. The number of hydrogen-bond acceptors (Lipinski definition) is 3. The Bertz CT molecular complexity index is 437. The maximum Gasteiger partial charge on any atom is 0.416 e. The van der Waals surface area contributed by atoms with Crippen molar-refractivity contribution in [3.8, 4) is 0 Å². The van der Waals surface area contributed by atoms with Crippen molar-refractivity contribution in [2.75, 3.05) is 19.7 Å². The second kappa shape index (κ2) is 6.56. The van der Waals surface area contributed by atoms with E-state index < -0.39 is 11.7 Å². The zero-order valence-electron chi connectivity index (χ0n) is 11.0. The molecule has 0 bridgehead atoms. The summed E-state index contributed by atoms with van der Waals surface area (Å²) in [6.07, 6.45) is -3.10. The Kier molecular flexibility index (Phi) is 5.01. The second-order valence-electron chi connectivity index (χ2n) is 4.88. The lowest BCUT2D eigenvalue weighted by Crippen LogP contribution is -2.28. The van der Waals surface area contributed by atoms with Crippen molar-refractivity contribution >= 4 is 0 Å². The molecule has 0 spiro atoms. The summed E-state index contributed by atoms with van der Waals surface area (Å²) in [5.41, 5.74) is -0.0649. The van der Waals surface area contributed by atoms with Gasteiger partial charge in [-0.05, 0) is 30.5 Å². The van der Waals surface area contributed by atoms with E-state index in [-0.39, 0.29) is 18.8 Å². The fourth-order valence-electron chi connectivity index (χ4n) is 2.36. The van der Waals surface area contributed by atoms with Crippen LogP contribution < -0.4 is 5.32 Å². The van der Waals surface area contributed by atoms with Gasteiger partial charge < -0.3 is 15.2 Å². The molecule has 0 aromatic heterocycles. The van der Waals surface area contributed by atoms with Crippen molar-refractivity contribution in [3.05, 3.63) is 35.4 Å². The van der Waals surface area contributed by atoms with Gasteiger partial charge in [0.1, 0.15) is 0 Å². The van der Waals surface area contributed by atoms with Crippen LogP contribution in [0.3, 0.4) is 0 Å². The summed E-state index contributed by atoms with van der Waals surface area (Å²) in [6.45, 7) is 1.16. The van der Waals surface area contributed by atoms with Crippen molar-refractivity contribution in [2.24, 2.45) is 0 Å². The van der Waals surface area contributed by atoms with Crippen LogP contribution in [0.2, 0.25) is 0 Å². The first kappa shape index (κ1) is 15.3. The smallest absolute Gasteiger partial charge is 0.395 e. The number of nitrogens with one attached hydrogen (secondary N) is 1. The monoisotopic (exact) mass is 289 g/mol. The first-order valence-electron chi connectivity index (χ1n) is 6.65. The van der Waals surface area contributed by atoms with E-state index in [2.05, 4.69) is 5.32 Å². The van der Waals surface area contributed by atoms with E-state index >= 15 is 0 Å². The number of ether oxygens (including phenoxy) is 1. The van der Waals surface area contributed by atoms with Gasteiger partial charge in [-0.3, -0.25) is 0 Å². The van der Waals surface area contributed by atoms with E-state index in [9.17, 15) is 13.2 Å². The van der Waals surface area contributed by atoms with E-state index in [0.29, 0.717) is 25.1 Å². The third kappa shape index (κ3) is 3.94. The van der Waals surface area contributed by atoms with Gasteiger partial charge in [0.05, 0.1) is 24.4 Å². The van der Waals surface area contributed by atoms with Crippen molar-refractivity contribution in [1.82, 2.24) is 5.32 Å². The summed E-state index contributed by atoms with van der Waals surface area (Å²) in [4.78, 5) is 0. The summed E-state index contributed by atoms with van der Waals surface area (Å²) in [5.74, 6) is 0. The molecule has 1 saturated heterocycles. The highest BCUT2D eigenvalue weighted by Gasteiger charge is 2.32. The number of aliphatic hydroxyl groups excluding tert-OH is 1. The fourth-order valence-corrected chi connectivity index (χ4v) is 2.36. The molecule has 2 N–H and O–H groups in total. The van der Waals surface area contributed by atoms with Crippen LogP contribution in [-0.4, -0.2) is 30.9 Å². The van der Waals surface area contributed by atoms with Crippen molar-refractivity contribution in [2.45, 2.75) is 31.2 Å². The van der Waals surface area contributed by atoms with Gasteiger partial charge in [-0.2, -0.15) is 13.2 Å². The molecule has 20 heavy (non-hydrogen) atoms. The van der Waals surface area contributed by atoms with Gasteiger partial charge in [0, 0.05) is 13.1 Å². The maximum absolute atomic E-state index is 12.7. The first-order chi connectivity index (χ1) is 9.50. The normalized spacial score (nSPS) is 23.2. The number of halogens is 3. The van der Waals surface area contributed by atoms with E-state index in [1.807, 2.05) is 0 Å². The van der Waals surface area contributed by atoms with Gasteiger partial charge in [0.2, 0.25) is 0 Å². The lowest BCUT2D eigenvalue weighted by Gasteiger charge is -2.16. The van der Waals surface area contributed by atoms with E-state index in [1.54, 1.807) is 6.07 Å². The molecule has 1 aliphatic rings. The van der Waals surface area contributed by atoms with Crippen LogP contribution in [0.15, 0.2) is 24.3 Å². The summed E-state index contributed by atoms with van der Waals surface area (Å²) in [5, 5.41) is 11.7. The molecule has 1 fully saturated rings. The highest BCUT2D eigenvalue weighted by molar-refractivity contribution is 5.27. The van der Waals surface area contributed by atoms with Crippen LogP contribution in [0.1, 0.15) is 30.1 Å². The zero-order valence-corrected chi connectivity index (χ0v) is 11.0. The average Bonchev–Trinajstić information content (AvgIpc) is 2.87. The maximum atomic E-state index is 12.7. The number of hydrogen-bond donors (Lipinski definition) is 2. The van der Waals surface area contributed by atoms with E-state index in [4.69, 9.17) is 9.84 Å². The molecule has 0 amide bonds. The molecular weight excluding hydrogens is 271 g/mol. The molecule has 2 rings (SSSR count). The Morgan fingerprint density at radius 2 is 2.10 bits per heavy atom. The number of rotatable bonds is 5. The molecule has 3 nitrogen and oxygen atoms in total. The summed E-state index contributed by atoms with van der Waals surface area (Å²) >= 11 is 0. The molecule has 1 aromatic rings. The van der Waals surface area contributed by atoms with Crippen LogP contribution in [0.5, 0.6) is 0 Å². The Hall–Kier alpha value is -1.11. The van der Waals surface area contributed by atoms with Crippen LogP contribution in [-0.2, 0) is 10.9 Å². The van der Waals surface area contributed by atoms with E-state index in [1.165, 1.54) is 6.07 Å². The Labute approximate surface area is 115 Å². The molecule has 1 aliphatic heterocycles. The predicted molar refractivity (Wildman–Crippen MR) is 68.2 cm³/mol. The van der Waals surface area contributed by atoms with Gasteiger partial charge in [-0.25, -0.2) is 0 Å². The number of benzene rings is 1. The minimum Gasteiger partial charge on any atom is -0.395 e. The third-order valence-corrected chi connectivity index (χ3v) is 3.35. The zero-order chi connectivity index (χ0) is 14.6. The molecule has 1 heterocycles. The van der Waals surface area contributed by atoms with Gasteiger partial charge in [-0.15, -0.1) is 0 Å². The van der Waals surface area contributed by atoms with Crippen LogP contribution in [0.25, 0.3) is 0 Å². The predicted octanol–water partition coefficient (Wildman–Crippen LogP) is 2.51. The van der Waals surface area contributed by atoms with Crippen molar-refractivity contribution in [1.29, 1.82) is 0 Å². The van der Waals surface area contributed by atoms with Gasteiger partial charge >= 0.3 is 6.18 Å². The molecule has 1 aromatic carbocycles. The molecule has 2 atom stereocenters. The average molecular weight is 289 g/mol. The minimum atomic E-state index is -4.32. The van der Waals surface area contributed by atoms with Gasteiger partial charge in [0.15, 0.2) is 0 Å². The SMILES string of the molecule is OCCNCC1CCC(c2cccc(C(F)(F)F)c2)O1. The van der Waals surface area contributed by atoms with Crippen LogP contribution in [0.4, 0.5) is 13.2 Å². The molecular formula is C14H18F3NO2. The van der Waals surface area contributed by atoms with Crippen molar-refractivity contribution in [3.63, 3.8) is 0 Å². The second-order valence-corrected chi connectivity index (χ2v) is 4.88. The molecule has 112 valence electrons. The standard InChI is InChI=1S/C14H18F3NO2/c15-14(16,17)11-3-1-2-10(8-11)13-5-4-12(20-13)9-18-6-7-19/h1-3,8,12-13,18-19H,4-7,9H2.